The Hall–Kier alpha value is -4.15. The number of fused-ring (bicyclic) bond motifs is 2. The van der Waals surface area contributed by atoms with Crippen LogP contribution < -0.4 is 29.1 Å². The number of carbonyl (C=O) groups is 1. The molecule has 0 bridgehead atoms. The number of rotatable bonds is 7. The number of thiazole rings is 1. The maximum absolute atomic E-state index is 14.2. The van der Waals surface area contributed by atoms with Crippen LogP contribution in [0.2, 0.25) is 0 Å². The summed E-state index contributed by atoms with van der Waals surface area (Å²) >= 11 is 4.79. The van der Waals surface area contributed by atoms with Crippen molar-refractivity contribution in [3.05, 3.63) is 113 Å². The highest BCUT2D eigenvalue weighted by Crippen LogP contribution is 2.40. The number of carbonyl (C=O) groups excluding carboxylic acids is 1. The van der Waals surface area contributed by atoms with Gasteiger partial charge in [-0.3, -0.25) is 9.36 Å². The number of hydrogen-bond acceptors (Lipinski definition) is 8. The van der Waals surface area contributed by atoms with E-state index >= 15 is 0 Å². The second-order valence-electron chi connectivity index (χ2n) is 9.89. The molecule has 0 fully saturated rings. The lowest BCUT2D eigenvalue weighted by molar-refractivity contribution is -0.138. The molecule has 42 heavy (non-hydrogen) atoms. The van der Waals surface area contributed by atoms with Gasteiger partial charge < -0.3 is 18.9 Å². The van der Waals surface area contributed by atoms with Crippen LogP contribution in [0.3, 0.4) is 0 Å². The van der Waals surface area contributed by atoms with E-state index in [1.807, 2.05) is 68.4 Å². The predicted octanol–water partition coefficient (Wildman–Crippen LogP) is 5.21. The van der Waals surface area contributed by atoms with Gasteiger partial charge in [-0.25, -0.2) is 9.79 Å². The Morgan fingerprint density at radius 2 is 1.90 bits per heavy atom. The molecule has 0 radical (unpaired) electrons. The SMILES string of the molecule is CCOC(=O)C1=C(c2ccccc2)N=c2s/c(=C/c3cc(Br)ccc3OC(C)C)c(=O)n2[C@@H]1c1ccc2c(c1)OCO2. The summed E-state index contributed by atoms with van der Waals surface area (Å²) in [5.74, 6) is 1.25. The minimum Gasteiger partial charge on any atom is -0.490 e. The molecule has 6 rings (SSSR count). The smallest absolute Gasteiger partial charge is 0.338 e. The van der Waals surface area contributed by atoms with Gasteiger partial charge in [0.25, 0.3) is 5.56 Å². The molecule has 0 aliphatic carbocycles. The van der Waals surface area contributed by atoms with Crippen molar-refractivity contribution in [2.24, 2.45) is 4.99 Å². The van der Waals surface area contributed by atoms with Crippen LogP contribution >= 0.6 is 27.3 Å². The first-order valence-corrected chi connectivity index (χ1v) is 15.1. The minimum absolute atomic E-state index is 0.0499. The first-order chi connectivity index (χ1) is 20.3. The number of ether oxygens (including phenoxy) is 4. The summed E-state index contributed by atoms with van der Waals surface area (Å²) in [5.41, 5.74) is 2.60. The lowest BCUT2D eigenvalue weighted by Crippen LogP contribution is -2.40. The van der Waals surface area contributed by atoms with Crippen molar-refractivity contribution in [3.8, 4) is 17.2 Å². The molecule has 4 aromatic rings. The topological polar surface area (TPSA) is 88.4 Å². The van der Waals surface area contributed by atoms with Gasteiger partial charge in [-0.2, -0.15) is 0 Å². The monoisotopic (exact) mass is 646 g/mol. The van der Waals surface area contributed by atoms with E-state index in [1.165, 1.54) is 11.3 Å². The molecule has 3 aromatic carbocycles. The van der Waals surface area contributed by atoms with Gasteiger partial charge in [-0.05, 0) is 62.7 Å². The average Bonchev–Trinajstić information content (AvgIpc) is 3.57. The van der Waals surface area contributed by atoms with Gasteiger partial charge in [0.2, 0.25) is 6.79 Å². The number of halogens is 1. The Balaban J connectivity index is 1.63. The Labute approximate surface area is 254 Å². The molecule has 1 atom stereocenters. The number of hydrogen-bond donors (Lipinski definition) is 0. The van der Waals surface area contributed by atoms with Crippen molar-refractivity contribution in [3.63, 3.8) is 0 Å². The van der Waals surface area contributed by atoms with E-state index in [9.17, 15) is 9.59 Å². The number of esters is 1. The van der Waals surface area contributed by atoms with Crippen LogP contribution in [-0.4, -0.2) is 30.0 Å². The molecule has 1 aromatic heterocycles. The van der Waals surface area contributed by atoms with Crippen molar-refractivity contribution in [1.82, 2.24) is 4.57 Å². The highest BCUT2D eigenvalue weighted by atomic mass is 79.9. The molecule has 2 aliphatic rings. The Kier molecular flexibility index (Phi) is 7.74. The maximum Gasteiger partial charge on any atom is 0.338 e. The zero-order chi connectivity index (χ0) is 29.4. The van der Waals surface area contributed by atoms with Gasteiger partial charge in [0.05, 0.1) is 34.6 Å². The normalized spacial score (nSPS) is 15.9. The van der Waals surface area contributed by atoms with Gasteiger partial charge in [-0.15, -0.1) is 0 Å². The maximum atomic E-state index is 14.2. The van der Waals surface area contributed by atoms with E-state index in [4.69, 9.17) is 23.9 Å². The molecule has 0 spiro atoms. The Morgan fingerprint density at radius 3 is 2.67 bits per heavy atom. The summed E-state index contributed by atoms with van der Waals surface area (Å²) in [4.78, 5) is 33.3. The molecular weight excluding hydrogens is 620 g/mol. The second kappa shape index (κ2) is 11.6. The van der Waals surface area contributed by atoms with E-state index in [0.717, 1.165) is 15.6 Å². The number of nitrogens with zero attached hydrogens (tertiary/aromatic N) is 2. The van der Waals surface area contributed by atoms with Crippen LogP contribution in [0, 0.1) is 0 Å². The molecular formula is C32H27BrN2O6S. The van der Waals surface area contributed by atoms with Gasteiger partial charge in [-0.1, -0.05) is 63.7 Å². The third-order valence-corrected chi connectivity index (χ3v) is 8.18. The summed E-state index contributed by atoms with van der Waals surface area (Å²) in [6, 6.07) is 19.7. The lowest BCUT2D eigenvalue weighted by atomic mass is 9.93. The summed E-state index contributed by atoms with van der Waals surface area (Å²) < 4.78 is 25.6. The van der Waals surface area contributed by atoms with Crippen molar-refractivity contribution in [2.45, 2.75) is 32.9 Å². The lowest BCUT2D eigenvalue weighted by Gasteiger charge is -2.26. The van der Waals surface area contributed by atoms with Crippen molar-refractivity contribution in [1.29, 1.82) is 0 Å². The first kappa shape index (κ1) is 28.0. The quantitative estimate of drug-likeness (QED) is 0.256. The first-order valence-electron chi connectivity index (χ1n) is 13.5. The Bertz CT molecular complexity index is 1890. The highest BCUT2D eigenvalue weighted by Gasteiger charge is 2.36. The molecule has 0 N–H and O–H groups in total. The van der Waals surface area contributed by atoms with E-state index in [-0.39, 0.29) is 30.6 Å². The molecule has 0 saturated carbocycles. The molecule has 3 heterocycles. The van der Waals surface area contributed by atoms with Crippen LogP contribution in [0.25, 0.3) is 11.8 Å². The van der Waals surface area contributed by atoms with Crippen LogP contribution in [0.1, 0.15) is 43.5 Å². The number of benzene rings is 3. The van der Waals surface area contributed by atoms with Crippen molar-refractivity contribution >= 4 is 45.0 Å². The van der Waals surface area contributed by atoms with Gasteiger partial charge in [0, 0.05) is 15.6 Å². The second-order valence-corrected chi connectivity index (χ2v) is 11.8. The molecule has 0 unspecified atom stereocenters. The number of aromatic nitrogens is 1. The van der Waals surface area contributed by atoms with Crippen LogP contribution in [0.4, 0.5) is 0 Å². The van der Waals surface area contributed by atoms with E-state index in [0.29, 0.717) is 37.8 Å². The summed E-state index contributed by atoms with van der Waals surface area (Å²) in [6.07, 6.45) is 1.75. The average molecular weight is 648 g/mol. The molecule has 0 saturated heterocycles. The van der Waals surface area contributed by atoms with E-state index in [1.54, 1.807) is 29.7 Å². The molecule has 10 heteroatoms. The highest BCUT2D eigenvalue weighted by molar-refractivity contribution is 9.10. The van der Waals surface area contributed by atoms with Crippen LogP contribution in [-0.2, 0) is 9.53 Å². The minimum atomic E-state index is -0.818. The van der Waals surface area contributed by atoms with E-state index in [2.05, 4.69) is 15.9 Å². The summed E-state index contributed by atoms with van der Waals surface area (Å²) in [6.45, 7) is 5.93. The zero-order valence-electron chi connectivity index (χ0n) is 23.1. The predicted molar refractivity (Wildman–Crippen MR) is 164 cm³/mol. The molecule has 8 nitrogen and oxygen atoms in total. The van der Waals surface area contributed by atoms with Gasteiger partial charge in [0.15, 0.2) is 16.3 Å². The van der Waals surface area contributed by atoms with Crippen molar-refractivity contribution in [2.75, 3.05) is 13.4 Å². The van der Waals surface area contributed by atoms with E-state index < -0.39 is 12.0 Å². The fourth-order valence-electron chi connectivity index (χ4n) is 4.97. The Morgan fingerprint density at radius 1 is 1.12 bits per heavy atom. The van der Waals surface area contributed by atoms with Crippen LogP contribution in [0.5, 0.6) is 17.2 Å². The summed E-state index contributed by atoms with van der Waals surface area (Å²) in [7, 11) is 0. The molecule has 214 valence electrons. The third kappa shape index (κ3) is 5.28. The largest absolute Gasteiger partial charge is 0.490 e. The summed E-state index contributed by atoms with van der Waals surface area (Å²) in [5, 5.41) is 0. The fourth-order valence-corrected chi connectivity index (χ4v) is 6.34. The van der Waals surface area contributed by atoms with Crippen LogP contribution in [0.15, 0.2) is 86.6 Å². The van der Waals surface area contributed by atoms with Gasteiger partial charge >= 0.3 is 5.97 Å². The third-order valence-electron chi connectivity index (χ3n) is 6.71. The molecule has 2 aliphatic heterocycles. The zero-order valence-corrected chi connectivity index (χ0v) is 25.5. The standard InChI is InChI=1S/C32H27BrN2O6S/c1-4-38-31(37)27-28(19-8-6-5-7-9-19)34-32-35(29(27)20-10-12-24-25(15-20)40-17-39-24)30(36)26(42-32)16-21-14-22(33)11-13-23(21)41-18(2)3/h5-16,18,29H,4,17H2,1-3H3/b26-16+/t29-/m1/s1. The fraction of sp³-hybridized carbons (Fsp3) is 0.219. The van der Waals surface area contributed by atoms with Crippen molar-refractivity contribution < 1.29 is 23.7 Å². The molecule has 0 amide bonds. The van der Waals surface area contributed by atoms with Gasteiger partial charge in [0.1, 0.15) is 5.75 Å².